The van der Waals surface area contributed by atoms with Crippen molar-refractivity contribution in [3.63, 3.8) is 0 Å². The number of carbonyl (C=O) groups excluding carboxylic acids is 1. The van der Waals surface area contributed by atoms with Gasteiger partial charge in [-0.05, 0) is 43.0 Å². The quantitative estimate of drug-likeness (QED) is 0.780. The first kappa shape index (κ1) is 11.7. The van der Waals surface area contributed by atoms with Crippen LogP contribution in [-0.4, -0.2) is 12.5 Å². The highest BCUT2D eigenvalue weighted by atomic mass is 16.1. The molecule has 3 nitrogen and oxygen atoms in total. The van der Waals surface area contributed by atoms with E-state index < -0.39 is 0 Å². The normalized spacial score (nSPS) is 10.1. The number of rotatable bonds is 3. The van der Waals surface area contributed by atoms with E-state index in [1.54, 1.807) is 0 Å². The Morgan fingerprint density at radius 2 is 1.80 bits per heavy atom. The summed E-state index contributed by atoms with van der Waals surface area (Å²) in [4.78, 5) is 11.0. The minimum atomic E-state index is -0.118. The molecule has 0 atom stereocenters. The Hall–Kier alpha value is -1.35. The zero-order chi connectivity index (χ0) is 11.4. The van der Waals surface area contributed by atoms with Gasteiger partial charge in [-0.15, -0.1) is 0 Å². The summed E-state index contributed by atoms with van der Waals surface area (Å²) < 4.78 is 0. The van der Waals surface area contributed by atoms with Crippen LogP contribution in [0.2, 0.25) is 0 Å². The van der Waals surface area contributed by atoms with Crippen LogP contribution in [0, 0.1) is 20.8 Å². The van der Waals surface area contributed by atoms with E-state index in [1.165, 1.54) is 16.7 Å². The zero-order valence-electron chi connectivity index (χ0n) is 9.55. The number of nitrogens with one attached hydrogen (secondary N) is 1. The van der Waals surface area contributed by atoms with E-state index in [-0.39, 0.29) is 12.5 Å². The highest BCUT2D eigenvalue weighted by Gasteiger charge is 2.03. The molecule has 3 heteroatoms. The predicted octanol–water partition coefficient (Wildman–Crippen LogP) is 1.19. The number of hydrogen-bond acceptors (Lipinski definition) is 2. The van der Waals surface area contributed by atoms with Crippen LogP contribution in [0.1, 0.15) is 22.3 Å². The molecular weight excluding hydrogens is 188 g/mol. The summed E-state index contributed by atoms with van der Waals surface area (Å²) in [5.41, 5.74) is 10.1. The lowest BCUT2D eigenvalue weighted by molar-refractivity contribution is -0.119. The summed E-state index contributed by atoms with van der Waals surface area (Å²) in [7, 11) is 0. The van der Waals surface area contributed by atoms with Gasteiger partial charge in [-0.3, -0.25) is 4.79 Å². The van der Waals surface area contributed by atoms with Crippen LogP contribution in [0.3, 0.4) is 0 Å². The number of benzene rings is 1. The van der Waals surface area contributed by atoms with Crippen molar-refractivity contribution in [2.45, 2.75) is 27.3 Å². The Kier molecular flexibility index (Phi) is 3.86. The first-order valence-electron chi connectivity index (χ1n) is 5.08. The topological polar surface area (TPSA) is 55.1 Å². The Bertz CT molecular complexity index is 372. The van der Waals surface area contributed by atoms with Crippen molar-refractivity contribution in [3.05, 3.63) is 34.4 Å². The van der Waals surface area contributed by atoms with Crippen LogP contribution in [-0.2, 0) is 11.3 Å². The van der Waals surface area contributed by atoms with E-state index >= 15 is 0 Å². The van der Waals surface area contributed by atoms with E-state index in [1.807, 2.05) is 0 Å². The third-order valence-electron chi connectivity index (χ3n) is 2.61. The van der Waals surface area contributed by atoms with Gasteiger partial charge >= 0.3 is 0 Å². The number of nitrogens with two attached hydrogens (primary N) is 1. The first-order chi connectivity index (χ1) is 7.04. The van der Waals surface area contributed by atoms with Crippen molar-refractivity contribution in [2.75, 3.05) is 6.54 Å². The van der Waals surface area contributed by atoms with Gasteiger partial charge in [0.1, 0.15) is 0 Å². The van der Waals surface area contributed by atoms with Crippen LogP contribution in [0.4, 0.5) is 0 Å². The maximum absolute atomic E-state index is 11.0. The largest absolute Gasteiger partial charge is 0.351 e. The molecule has 0 radical (unpaired) electrons. The molecule has 1 aromatic carbocycles. The molecule has 0 aliphatic heterocycles. The number of hydrogen-bond donors (Lipinski definition) is 2. The van der Waals surface area contributed by atoms with Crippen molar-refractivity contribution in [1.82, 2.24) is 5.32 Å². The summed E-state index contributed by atoms with van der Waals surface area (Å²) in [6.45, 7) is 6.82. The third kappa shape index (κ3) is 3.06. The fraction of sp³-hybridized carbons (Fsp3) is 0.417. The van der Waals surface area contributed by atoms with Gasteiger partial charge < -0.3 is 11.1 Å². The molecule has 0 fully saturated rings. The van der Waals surface area contributed by atoms with Gasteiger partial charge in [0.25, 0.3) is 0 Å². The average molecular weight is 206 g/mol. The summed E-state index contributed by atoms with van der Waals surface area (Å²) in [5, 5.41) is 2.77. The second-order valence-corrected chi connectivity index (χ2v) is 3.84. The van der Waals surface area contributed by atoms with Gasteiger partial charge in [-0.2, -0.15) is 0 Å². The van der Waals surface area contributed by atoms with E-state index in [0.717, 1.165) is 5.56 Å². The molecule has 1 aromatic rings. The van der Waals surface area contributed by atoms with E-state index in [4.69, 9.17) is 5.73 Å². The molecule has 15 heavy (non-hydrogen) atoms. The molecule has 3 N–H and O–H groups in total. The standard InChI is InChI=1S/C12H18N2O/c1-8-4-10(3)11(5-9(8)2)7-14-12(15)6-13/h4-5H,6-7,13H2,1-3H3,(H,14,15). The minimum absolute atomic E-state index is 0.0455. The molecule has 0 saturated carbocycles. The smallest absolute Gasteiger partial charge is 0.234 e. The van der Waals surface area contributed by atoms with Crippen LogP contribution in [0.15, 0.2) is 12.1 Å². The molecule has 0 spiro atoms. The molecule has 0 bridgehead atoms. The summed E-state index contributed by atoms with van der Waals surface area (Å²) >= 11 is 0. The second-order valence-electron chi connectivity index (χ2n) is 3.84. The summed E-state index contributed by atoms with van der Waals surface area (Å²) in [6.07, 6.45) is 0. The fourth-order valence-electron chi connectivity index (χ4n) is 1.48. The monoisotopic (exact) mass is 206 g/mol. The van der Waals surface area contributed by atoms with Crippen LogP contribution in [0.25, 0.3) is 0 Å². The van der Waals surface area contributed by atoms with Gasteiger partial charge in [-0.25, -0.2) is 0 Å². The predicted molar refractivity (Wildman–Crippen MR) is 61.6 cm³/mol. The molecule has 0 aliphatic rings. The number of amides is 1. The Morgan fingerprint density at radius 3 is 2.40 bits per heavy atom. The van der Waals surface area contributed by atoms with Gasteiger partial charge in [0.05, 0.1) is 6.54 Å². The van der Waals surface area contributed by atoms with Crippen molar-refractivity contribution in [2.24, 2.45) is 5.73 Å². The molecule has 82 valence electrons. The Morgan fingerprint density at radius 1 is 1.20 bits per heavy atom. The number of aryl methyl sites for hydroxylation is 3. The van der Waals surface area contributed by atoms with Crippen LogP contribution >= 0.6 is 0 Å². The van der Waals surface area contributed by atoms with Crippen LogP contribution in [0.5, 0.6) is 0 Å². The summed E-state index contributed by atoms with van der Waals surface area (Å²) in [6, 6.07) is 4.25. The minimum Gasteiger partial charge on any atom is -0.351 e. The maximum atomic E-state index is 11.0. The first-order valence-corrected chi connectivity index (χ1v) is 5.08. The van der Waals surface area contributed by atoms with Crippen molar-refractivity contribution < 1.29 is 4.79 Å². The second kappa shape index (κ2) is 4.94. The lowest BCUT2D eigenvalue weighted by Gasteiger charge is -2.10. The highest BCUT2D eigenvalue weighted by molar-refractivity contribution is 5.77. The van der Waals surface area contributed by atoms with Crippen LogP contribution < -0.4 is 11.1 Å². The maximum Gasteiger partial charge on any atom is 0.234 e. The van der Waals surface area contributed by atoms with Gasteiger partial charge in [0, 0.05) is 6.54 Å². The van der Waals surface area contributed by atoms with Gasteiger partial charge in [-0.1, -0.05) is 12.1 Å². The third-order valence-corrected chi connectivity index (χ3v) is 2.61. The van der Waals surface area contributed by atoms with Crippen molar-refractivity contribution in [3.8, 4) is 0 Å². The Labute approximate surface area is 90.7 Å². The van der Waals surface area contributed by atoms with E-state index in [0.29, 0.717) is 6.54 Å². The van der Waals surface area contributed by atoms with Crippen molar-refractivity contribution >= 4 is 5.91 Å². The lowest BCUT2D eigenvalue weighted by atomic mass is 10.0. The highest BCUT2D eigenvalue weighted by Crippen LogP contribution is 2.14. The Balaban J connectivity index is 2.77. The van der Waals surface area contributed by atoms with E-state index in [9.17, 15) is 4.79 Å². The molecule has 0 aromatic heterocycles. The molecule has 0 heterocycles. The molecule has 0 unspecified atom stereocenters. The van der Waals surface area contributed by atoms with Crippen molar-refractivity contribution in [1.29, 1.82) is 0 Å². The average Bonchev–Trinajstić information content (AvgIpc) is 2.21. The van der Waals surface area contributed by atoms with E-state index in [2.05, 4.69) is 38.2 Å². The SMILES string of the molecule is Cc1cc(C)c(CNC(=O)CN)cc1C. The number of carbonyl (C=O) groups is 1. The van der Waals surface area contributed by atoms with Gasteiger partial charge in [0.2, 0.25) is 5.91 Å². The summed E-state index contributed by atoms with van der Waals surface area (Å²) in [5.74, 6) is -0.118. The fourth-order valence-corrected chi connectivity index (χ4v) is 1.48. The van der Waals surface area contributed by atoms with Gasteiger partial charge in [0.15, 0.2) is 0 Å². The molecule has 1 rings (SSSR count). The lowest BCUT2D eigenvalue weighted by Crippen LogP contribution is -2.29. The molecular formula is C12H18N2O. The molecule has 1 amide bonds. The molecule has 0 saturated heterocycles. The zero-order valence-corrected chi connectivity index (χ0v) is 9.55. The molecule has 0 aliphatic carbocycles.